The van der Waals surface area contributed by atoms with Gasteiger partial charge in [0.05, 0.1) is 32.4 Å². The highest BCUT2D eigenvalue weighted by atomic mass is 35.5. The number of piperidine rings is 1. The van der Waals surface area contributed by atoms with Gasteiger partial charge in [-0.25, -0.2) is 18.2 Å². The third kappa shape index (κ3) is 5.93. The molecule has 39 heavy (non-hydrogen) atoms. The number of carbonyl (C=O) groups is 2. The molecule has 1 N–H and O–H groups in total. The lowest BCUT2D eigenvalue weighted by Gasteiger charge is -2.26. The quantitative estimate of drug-likeness (QED) is 0.316. The van der Waals surface area contributed by atoms with Crippen LogP contribution in [0.15, 0.2) is 78.0 Å². The van der Waals surface area contributed by atoms with Crippen LogP contribution in [-0.4, -0.2) is 54.3 Å². The topological polar surface area (TPSA) is 119 Å². The minimum absolute atomic E-state index is 0.0352. The van der Waals surface area contributed by atoms with E-state index < -0.39 is 28.5 Å². The van der Waals surface area contributed by atoms with Crippen molar-refractivity contribution in [3.8, 4) is 11.3 Å². The lowest BCUT2D eigenvalue weighted by molar-refractivity contribution is -0.119. The van der Waals surface area contributed by atoms with E-state index in [1.165, 1.54) is 22.5 Å². The lowest BCUT2D eigenvalue weighted by Crippen LogP contribution is -2.35. The molecule has 0 unspecified atom stereocenters. The maximum absolute atomic E-state index is 13.1. The van der Waals surface area contributed by atoms with Crippen LogP contribution in [-0.2, 0) is 19.6 Å². The summed E-state index contributed by atoms with van der Waals surface area (Å²) in [6.45, 7) is 0.309. The minimum atomic E-state index is -3.72. The largest absolute Gasteiger partial charge is 0.452 e. The molecule has 1 amide bonds. The van der Waals surface area contributed by atoms with Gasteiger partial charge in [0, 0.05) is 36.4 Å². The van der Waals surface area contributed by atoms with Crippen LogP contribution >= 0.6 is 11.6 Å². The van der Waals surface area contributed by atoms with E-state index in [1.54, 1.807) is 48.8 Å². The maximum Gasteiger partial charge on any atom is 0.339 e. The van der Waals surface area contributed by atoms with Gasteiger partial charge in [-0.15, -0.1) is 0 Å². The first kappa shape index (κ1) is 26.7. The number of anilines is 1. The number of esters is 1. The van der Waals surface area contributed by atoms with Gasteiger partial charge in [-0.2, -0.15) is 4.31 Å². The van der Waals surface area contributed by atoms with Gasteiger partial charge >= 0.3 is 5.97 Å². The number of hydrogen-bond acceptors (Lipinski definition) is 7. The number of pyridine rings is 2. The van der Waals surface area contributed by atoms with Crippen molar-refractivity contribution >= 4 is 50.1 Å². The molecule has 4 aromatic rings. The number of para-hydroxylation sites is 1. The van der Waals surface area contributed by atoms with Gasteiger partial charge in [0.2, 0.25) is 10.0 Å². The van der Waals surface area contributed by atoms with Gasteiger partial charge < -0.3 is 10.1 Å². The molecule has 0 aliphatic carbocycles. The minimum Gasteiger partial charge on any atom is -0.452 e. The molecule has 0 saturated carbocycles. The third-order valence-electron chi connectivity index (χ3n) is 6.41. The fourth-order valence-corrected chi connectivity index (χ4v) is 6.13. The lowest BCUT2D eigenvalue weighted by atomic mass is 10.0. The molecule has 1 fully saturated rings. The number of nitrogens with zero attached hydrogens (tertiary/aromatic N) is 3. The van der Waals surface area contributed by atoms with E-state index in [1.807, 2.05) is 6.07 Å². The van der Waals surface area contributed by atoms with Crippen LogP contribution < -0.4 is 5.32 Å². The summed E-state index contributed by atoms with van der Waals surface area (Å²) in [6.07, 6.45) is 5.86. The van der Waals surface area contributed by atoms with E-state index in [0.29, 0.717) is 29.7 Å². The normalized spacial score (nSPS) is 14.2. The molecule has 0 radical (unpaired) electrons. The molecule has 0 spiro atoms. The molecule has 1 aliphatic rings. The molecule has 0 bridgehead atoms. The molecule has 200 valence electrons. The van der Waals surface area contributed by atoms with E-state index in [0.717, 1.165) is 24.8 Å². The molecule has 1 aliphatic heterocycles. The van der Waals surface area contributed by atoms with Gasteiger partial charge in [-0.05, 0) is 55.3 Å². The molecular formula is C28H25ClN4O5S. The SMILES string of the molecule is O=C(COC(=O)c1cc(-c2ccncc2)nc2ccccc12)Nc1cc(S(=O)(=O)N2CCCCC2)ccc1Cl. The molecule has 3 heterocycles. The Kier molecular flexibility index (Phi) is 7.87. The number of sulfonamides is 1. The molecular weight excluding hydrogens is 540 g/mol. The molecule has 5 rings (SSSR count). The van der Waals surface area contributed by atoms with Gasteiger partial charge in [-0.3, -0.25) is 9.78 Å². The zero-order valence-electron chi connectivity index (χ0n) is 20.8. The van der Waals surface area contributed by atoms with E-state index >= 15 is 0 Å². The predicted molar refractivity (Wildman–Crippen MR) is 148 cm³/mol. The number of benzene rings is 2. The van der Waals surface area contributed by atoms with Crippen LogP contribution in [0.4, 0.5) is 5.69 Å². The molecule has 9 nitrogen and oxygen atoms in total. The number of halogens is 1. The van der Waals surface area contributed by atoms with Gasteiger partial charge in [0.1, 0.15) is 0 Å². The zero-order chi connectivity index (χ0) is 27.4. The standard InChI is InChI=1S/C28H25ClN4O5S/c29-23-9-8-20(39(36,37)33-14-4-1-5-15-33)16-26(23)32-27(34)18-38-28(35)22-17-25(19-10-12-30-13-11-19)31-24-7-3-2-6-21(22)24/h2-3,6-13,16-17H,1,4-5,14-15,18H2,(H,32,34). The Morgan fingerprint density at radius 1 is 0.974 bits per heavy atom. The van der Waals surface area contributed by atoms with Crippen LogP contribution in [0.1, 0.15) is 29.6 Å². The summed E-state index contributed by atoms with van der Waals surface area (Å²) in [5.74, 6) is -1.36. The Balaban J connectivity index is 1.32. The Morgan fingerprint density at radius 2 is 1.72 bits per heavy atom. The number of nitrogens with one attached hydrogen (secondary N) is 1. The Bertz CT molecular complexity index is 1640. The van der Waals surface area contributed by atoms with Crippen LogP contribution in [0.2, 0.25) is 5.02 Å². The van der Waals surface area contributed by atoms with Crippen molar-refractivity contribution in [1.29, 1.82) is 0 Å². The van der Waals surface area contributed by atoms with Crippen molar-refractivity contribution in [2.24, 2.45) is 0 Å². The fraction of sp³-hybridized carbons (Fsp3) is 0.214. The van der Waals surface area contributed by atoms with Crippen molar-refractivity contribution in [1.82, 2.24) is 14.3 Å². The highest BCUT2D eigenvalue weighted by molar-refractivity contribution is 7.89. The summed E-state index contributed by atoms with van der Waals surface area (Å²) in [6, 6.07) is 16.5. The summed E-state index contributed by atoms with van der Waals surface area (Å²) < 4.78 is 32.8. The van der Waals surface area contributed by atoms with Crippen molar-refractivity contribution in [3.63, 3.8) is 0 Å². The fourth-order valence-electron chi connectivity index (χ4n) is 4.42. The first-order valence-corrected chi connectivity index (χ1v) is 14.2. The Morgan fingerprint density at radius 3 is 2.49 bits per heavy atom. The van der Waals surface area contributed by atoms with Crippen LogP contribution in [0.3, 0.4) is 0 Å². The summed E-state index contributed by atoms with van der Waals surface area (Å²) in [5, 5.41) is 3.30. The number of hydrogen-bond donors (Lipinski definition) is 1. The van der Waals surface area contributed by atoms with E-state index in [9.17, 15) is 18.0 Å². The Hall–Kier alpha value is -3.86. The number of rotatable bonds is 7. The zero-order valence-corrected chi connectivity index (χ0v) is 22.4. The summed E-state index contributed by atoms with van der Waals surface area (Å²) in [5.41, 5.74) is 2.31. The van der Waals surface area contributed by atoms with Gasteiger partial charge in [0.25, 0.3) is 5.91 Å². The average Bonchev–Trinajstić information content (AvgIpc) is 2.97. The second-order valence-electron chi connectivity index (χ2n) is 9.04. The van der Waals surface area contributed by atoms with E-state index in [4.69, 9.17) is 16.3 Å². The highest BCUT2D eigenvalue weighted by Crippen LogP contribution is 2.29. The van der Waals surface area contributed by atoms with E-state index in [-0.39, 0.29) is 21.2 Å². The van der Waals surface area contributed by atoms with E-state index in [2.05, 4.69) is 15.3 Å². The van der Waals surface area contributed by atoms with Gasteiger partial charge in [0.15, 0.2) is 6.61 Å². The second-order valence-corrected chi connectivity index (χ2v) is 11.4. The molecule has 2 aromatic carbocycles. The molecule has 0 atom stereocenters. The molecule has 1 saturated heterocycles. The molecule has 2 aromatic heterocycles. The van der Waals surface area contributed by atoms with Crippen molar-refractivity contribution in [2.45, 2.75) is 24.2 Å². The first-order valence-electron chi connectivity index (χ1n) is 12.4. The number of amides is 1. The maximum atomic E-state index is 13.1. The monoisotopic (exact) mass is 564 g/mol. The van der Waals surface area contributed by atoms with Crippen molar-refractivity contribution < 1.29 is 22.7 Å². The summed E-state index contributed by atoms with van der Waals surface area (Å²) in [7, 11) is -3.72. The smallest absolute Gasteiger partial charge is 0.339 e. The summed E-state index contributed by atoms with van der Waals surface area (Å²) in [4.78, 5) is 34.4. The predicted octanol–water partition coefficient (Wildman–Crippen LogP) is 4.92. The van der Waals surface area contributed by atoms with Crippen LogP contribution in [0.25, 0.3) is 22.2 Å². The Labute approximate surface area is 230 Å². The molecule has 11 heteroatoms. The first-order chi connectivity index (χ1) is 18.8. The number of fused-ring (bicyclic) bond motifs is 1. The number of aromatic nitrogens is 2. The van der Waals surface area contributed by atoms with Gasteiger partial charge in [-0.1, -0.05) is 36.2 Å². The number of ether oxygens (including phenoxy) is 1. The average molecular weight is 565 g/mol. The van der Waals surface area contributed by atoms with Crippen LogP contribution in [0, 0.1) is 0 Å². The van der Waals surface area contributed by atoms with Crippen molar-refractivity contribution in [3.05, 3.63) is 83.6 Å². The van der Waals surface area contributed by atoms with Crippen molar-refractivity contribution in [2.75, 3.05) is 25.0 Å². The highest BCUT2D eigenvalue weighted by Gasteiger charge is 2.27. The number of carbonyl (C=O) groups excluding carboxylic acids is 2. The second kappa shape index (κ2) is 11.5. The summed E-state index contributed by atoms with van der Waals surface area (Å²) >= 11 is 6.23. The van der Waals surface area contributed by atoms with Crippen LogP contribution in [0.5, 0.6) is 0 Å². The third-order valence-corrected chi connectivity index (χ3v) is 8.64.